The fourth-order valence-corrected chi connectivity index (χ4v) is 2.55. The fourth-order valence-electron chi connectivity index (χ4n) is 2.55. The SMILES string of the molecule is Cc1cc(C(=O)OCC(=O)N(C)CC(=O)NC(C)(C)C)c2ccccc2n1. The Morgan fingerprint density at radius 2 is 1.85 bits per heavy atom. The van der Waals surface area contributed by atoms with Crippen LogP contribution in [0.25, 0.3) is 10.9 Å². The van der Waals surface area contributed by atoms with E-state index in [1.165, 1.54) is 11.9 Å². The number of hydrogen-bond acceptors (Lipinski definition) is 5. The molecule has 0 saturated heterocycles. The Hall–Kier alpha value is -2.96. The molecule has 27 heavy (non-hydrogen) atoms. The van der Waals surface area contributed by atoms with E-state index >= 15 is 0 Å². The van der Waals surface area contributed by atoms with Gasteiger partial charge in [0.15, 0.2) is 6.61 Å². The summed E-state index contributed by atoms with van der Waals surface area (Å²) in [4.78, 5) is 42.1. The van der Waals surface area contributed by atoms with Crippen LogP contribution in [0.2, 0.25) is 0 Å². The Balaban J connectivity index is 1.99. The quantitative estimate of drug-likeness (QED) is 0.813. The van der Waals surface area contributed by atoms with Crippen LogP contribution in [0.1, 0.15) is 36.8 Å². The molecule has 0 atom stereocenters. The number of aryl methyl sites for hydroxylation is 1. The van der Waals surface area contributed by atoms with Crippen LogP contribution in [0, 0.1) is 6.92 Å². The lowest BCUT2D eigenvalue weighted by molar-refractivity contribution is -0.137. The molecule has 144 valence electrons. The molecule has 0 unspecified atom stereocenters. The van der Waals surface area contributed by atoms with Gasteiger partial charge in [-0.15, -0.1) is 0 Å². The van der Waals surface area contributed by atoms with Crippen molar-refractivity contribution in [2.75, 3.05) is 20.2 Å². The molecule has 2 aromatic rings. The van der Waals surface area contributed by atoms with Gasteiger partial charge in [-0.3, -0.25) is 14.6 Å². The van der Waals surface area contributed by atoms with E-state index < -0.39 is 18.5 Å². The number of nitrogens with one attached hydrogen (secondary N) is 1. The second-order valence-electron chi connectivity index (χ2n) is 7.45. The van der Waals surface area contributed by atoms with E-state index in [9.17, 15) is 14.4 Å². The Bertz CT molecular complexity index is 871. The van der Waals surface area contributed by atoms with Gasteiger partial charge in [0.2, 0.25) is 5.91 Å². The summed E-state index contributed by atoms with van der Waals surface area (Å²) >= 11 is 0. The summed E-state index contributed by atoms with van der Waals surface area (Å²) in [6.07, 6.45) is 0. The molecule has 2 amide bonds. The third-order valence-corrected chi connectivity index (χ3v) is 3.71. The van der Waals surface area contributed by atoms with E-state index in [1.54, 1.807) is 19.1 Å². The molecule has 0 bridgehead atoms. The van der Waals surface area contributed by atoms with Gasteiger partial charge in [-0.25, -0.2) is 4.79 Å². The number of nitrogens with zero attached hydrogens (tertiary/aromatic N) is 2. The van der Waals surface area contributed by atoms with Crippen LogP contribution in [-0.2, 0) is 14.3 Å². The van der Waals surface area contributed by atoms with Gasteiger partial charge in [0.05, 0.1) is 17.6 Å². The van der Waals surface area contributed by atoms with Gasteiger partial charge in [-0.1, -0.05) is 18.2 Å². The molecule has 0 aliphatic carbocycles. The number of carbonyl (C=O) groups is 3. The first-order chi connectivity index (χ1) is 12.6. The van der Waals surface area contributed by atoms with Gasteiger partial charge in [-0.05, 0) is 39.8 Å². The fraction of sp³-hybridized carbons (Fsp3) is 0.400. The molecular formula is C20H25N3O4. The molecule has 0 aliphatic heterocycles. The van der Waals surface area contributed by atoms with E-state index in [0.717, 1.165) is 0 Å². The first-order valence-electron chi connectivity index (χ1n) is 8.65. The third kappa shape index (κ3) is 5.77. The second kappa shape index (κ2) is 8.16. The molecule has 0 aliphatic rings. The van der Waals surface area contributed by atoms with Crippen molar-refractivity contribution in [1.29, 1.82) is 0 Å². The van der Waals surface area contributed by atoms with Crippen LogP contribution in [-0.4, -0.2) is 53.4 Å². The summed E-state index contributed by atoms with van der Waals surface area (Å²) in [5.74, 6) is -1.33. The highest BCUT2D eigenvalue weighted by molar-refractivity contribution is 6.04. The van der Waals surface area contributed by atoms with Gasteiger partial charge in [-0.2, -0.15) is 0 Å². The minimum Gasteiger partial charge on any atom is -0.452 e. The molecule has 0 spiro atoms. The highest BCUT2D eigenvalue weighted by Gasteiger charge is 2.20. The zero-order valence-corrected chi connectivity index (χ0v) is 16.3. The van der Waals surface area contributed by atoms with Gasteiger partial charge in [0, 0.05) is 23.7 Å². The number of ether oxygens (including phenoxy) is 1. The number of pyridine rings is 1. The lowest BCUT2D eigenvalue weighted by atomic mass is 10.1. The molecule has 1 aromatic carbocycles. The maximum absolute atomic E-state index is 12.4. The van der Waals surface area contributed by atoms with Crippen LogP contribution in [0.15, 0.2) is 30.3 Å². The van der Waals surface area contributed by atoms with Crippen molar-refractivity contribution in [3.05, 3.63) is 41.6 Å². The molecule has 1 heterocycles. The summed E-state index contributed by atoms with van der Waals surface area (Å²) in [6.45, 7) is 6.81. The van der Waals surface area contributed by atoms with Crippen LogP contribution < -0.4 is 5.32 Å². The van der Waals surface area contributed by atoms with E-state index in [0.29, 0.717) is 22.2 Å². The van der Waals surface area contributed by atoms with Crippen molar-refractivity contribution in [3.63, 3.8) is 0 Å². The summed E-state index contributed by atoms with van der Waals surface area (Å²) < 4.78 is 5.17. The first-order valence-corrected chi connectivity index (χ1v) is 8.65. The number of benzene rings is 1. The molecule has 7 heteroatoms. The number of esters is 1. The van der Waals surface area contributed by atoms with E-state index in [4.69, 9.17) is 4.74 Å². The van der Waals surface area contributed by atoms with Crippen molar-refractivity contribution >= 4 is 28.7 Å². The topological polar surface area (TPSA) is 88.6 Å². The lowest BCUT2D eigenvalue weighted by Gasteiger charge is -2.23. The standard InChI is InChI=1S/C20H25N3O4/c1-13-10-15(14-8-6-7-9-16(14)21-13)19(26)27-12-18(25)23(5)11-17(24)22-20(2,3)4/h6-10H,11-12H2,1-5H3,(H,22,24). The zero-order chi connectivity index (χ0) is 20.2. The van der Waals surface area contributed by atoms with Crippen LogP contribution >= 0.6 is 0 Å². The lowest BCUT2D eigenvalue weighted by Crippen LogP contribution is -2.46. The number of amides is 2. The van der Waals surface area contributed by atoms with Crippen molar-refractivity contribution in [2.45, 2.75) is 33.2 Å². The number of likely N-dealkylation sites (N-methyl/N-ethyl adjacent to an activating group) is 1. The molecule has 0 fully saturated rings. The molecule has 1 aromatic heterocycles. The van der Waals surface area contributed by atoms with Crippen LogP contribution in [0.3, 0.4) is 0 Å². The average molecular weight is 371 g/mol. The van der Waals surface area contributed by atoms with Crippen molar-refractivity contribution in [2.24, 2.45) is 0 Å². The second-order valence-corrected chi connectivity index (χ2v) is 7.45. The molecule has 0 radical (unpaired) electrons. The van der Waals surface area contributed by atoms with Crippen molar-refractivity contribution < 1.29 is 19.1 Å². The first kappa shape index (κ1) is 20.4. The molecule has 2 rings (SSSR count). The van der Waals surface area contributed by atoms with E-state index in [2.05, 4.69) is 10.3 Å². The molecule has 1 N–H and O–H groups in total. The van der Waals surface area contributed by atoms with Crippen molar-refractivity contribution in [1.82, 2.24) is 15.2 Å². The number of aromatic nitrogens is 1. The molecule has 7 nitrogen and oxygen atoms in total. The number of rotatable bonds is 5. The smallest absolute Gasteiger partial charge is 0.339 e. The highest BCUT2D eigenvalue weighted by atomic mass is 16.5. The maximum Gasteiger partial charge on any atom is 0.339 e. The van der Waals surface area contributed by atoms with Gasteiger partial charge in [0.25, 0.3) is 5.91 Å². The predicted molar refractivity (Wildman–Crippen MR) is 102 cm³/mol. The Morgan fingerprint density at radius 1 is 1.19 bits per heavy atom. The van der Waals surface area contributed by atoms with Crippen LogP contribution in [0.4, 0.5) is 0 Å². The normalized spacial score (nSPS) is 11.1. The number of carbonyl (C=O) groups excluding carboxylic acids is 3. The third-order valence-electron chi connectivity index (χ3n) is 3.71. The number of para-hydroxylation sites is 1. The minimum atomic E-state index is -0.599. The van der Waals surface area contributed by atoms with Gasteiger partial charge < -0.3 is 15.0 Å². The van der Waals surface area contributed by atoms with Gasteiger partial charge in [0.1, 0.15) is 0 Å². The van der Waals surface area contributed by atoms with Gasteiger partial charge >= 0.3 is 5.97 Å². The maximum atomic E-state index is 12.4. The highest BCUT2D eigenvalue weighted by Crippen LogP contribution is 2.19. The monoisotopic (exact) mass is 371 g/mol. The largest absolute Gasteiger partial charge is 0.452 e. The van der Waals surface area contributed by atoms with E-state index in [1.807, 2.05) is 39.0 Å². The number of hydrogen-bond donors (Lipinski definition) is 1. The molecule has 0 saturated carbocycles. The average Bonchev–Trinajstić information content (AvgIpc) is 2.56. The Labute approximate surface area is 158 Å². The van der Waals surface area contributed by atoms with Crippen LogP contribution in [0.5, 0.6) is 0 Å². The summed E-state index contributed by atoms with van der Waals surface area (Å²) in [7, 11) is 1.49. The zero-order valence-electron chi connectivity index (χ0n) is 16.3. The van der Waals surface area contributed by atoms with Crippen molar-refractivity contribution in [3.8, 4) is 0 Å². The minimum absolute atomic E-state index is 0.106. The Kier molecular flexibility index (Phi) is 6.15. The number of fused-ring (bicyclic) bond motifs is 1. The predicted octanol–water partition coefficient (Wildman–Crippen LogP) is 2.07. The molecular weight excluding hydrogens is 346 g/mol. The summed E-state index contributed by atoms with van der Waals surface area (Å²) in [6, 6.07) is 8.87. The summed E-state index contributed by atoms with van der Waals surface area (Å²) in [5.41, 5.74) is 1.35. The summed E-state index contributed by atoms with van der Waals surface area (Å²) in [5, 5.41) is 3.44. The van der Waals surface area contributed by atoms with E-state index in [-0.39, 0.29) is 18.0 Å². The Morgan fingerprint density at radius 3 is 2.52 bits per heavy atom.